The van der Waals surface area contributed by atoms with E-state index in [-0.39, 0.29) is 11.8 Å². The predicted molar refractivity (Wildman–Crippen MR) is 58.5 cm³/mol. The molecule has 0 atom stereocenters. The van der Waals surface area contributed by atoms with E-state index in [1.807, 2.05) is 13.0 Å². The van der Waals surface area contributed by atoms with E-state index in [9.17, 15) is 9.59 Å². The molecule has 1 rings (SSSR count). The van der Waals surface area contributed by atoms with Gasteiger partial charge in [0.1, 0.15) is 0 Å². The van der Waals surface area contributed by atoms with Crippen LogP contribution in [0.5, 0.6) is 0 Å². The van der Waals surface area contributed by atoms with Gasteiger partial charge < -0.3 is 0 Å². The van der Waals surface area contributed by atoms with Gasteiger partial charge in [-0.2, -0.15) is 0 Å². The largest absolute Gasteiger partial charge is 0.282 e. The van der Waals surface area contributed by atoms with E-state index in [1.165, 1.54) is 11.9 Å². The lowest BCUT2D eigenvalue weighted by Gasteiger charge is -2.14. The zero-order valence-corrected chi connectivity index (χ0v) is 9.06. The zero-order valence-electron chi connectivity index (χ0n) is 9.06. The summed E-state index contributed by atoms with van der Waals surface area (Å²) in [5.74, 6) is -0.375. The quantitative estimate of drug-likeness (QED) is 0.757. The molecule has 15 heavy (non-hydrogen) atoms. The van der Waals surface area contributed by atoms with Crippen LogP contribution in [0.2, 0.25) is 0 Å². The van der Waals surface area contributed by atoms with Crippen LogP contribution in [-0.2, 0) is 4.79 Å². The topological polar surface area (TPSA) is 37.4 Å². The molecule has 1 aromatic carbocycles. The SMILES string of the molecule is CCCC(=O)N(C)C(=O)c1ccccc1. The van der Waals surface area contributed by atoms with Crippen molar-refractivity contribution < 1.29 is 9.59 Å². The van der Waals surface area contributed by atoms with E-state index in [0.29, 0.717) is 12.0 Å². The molecule has 3 heteroatoms. The van der Waals surface area contributed by atoms with Crippen molar-refractivity contribution in [2.45, 2.75) is 19.8 Å². The number of hydrogen-bond donors (Lipinski definition) is 0. The molecule has 0 radical (unpaired) electrons. The third-order valence-electron chi connectivity index (χ3n) is 2.16. The summed E-state index contributed by atoms with van der Waals surface area (Å²) in [6.07, 6.45) is 1.17. The highest BCUT2D eigenvalue weighted by atomic mass is 16.2. The maximum Gasteiger partial charge on any atom is 0.260 e. The van der Waals surface area contributed by atoms with Crippen molar-refractivity contribution >= 4 is 11.8 Å². The number of benzene rings is 1. The van der Waals surface area contributed by atoms with Crippen LogP contribution in [-0.4, -0.2) is 23.8 Å². The Morgan fingerprint density at radius 3 is 2.33 bits per heavy atom. The van der Waals surface area contributed by atoms with Crippen LogP contribution in [0.4, 0.5) is 0 Å². The first kappa shape index (κ1) is 11.4. The number of imide groups is 1. The minimum Gasteiger partial charge on any atom is -0.282 e. The molecule has 0 bridgehead atoms. The second-order valence-corrected chi connectivity index (χ2v) is 3.37. The predicted octanol–water partition coefficient (Wildman–Crippen LogP) is 2.09. The zero-order chi connectivity index (χ0) is 11.3. The van der Waals surface area contributed by atoms with Crippen molar-refractivity contribution in [3.05, 3.63) is 35.9 Å². The highest BCUT2D eigenvalue weighted by Crippen LogP contribution is 2.05. The van der Waals surface area contributed by atoms with E-state index >= 15 is 0 Å². The Hall–Kier alpha value is -1.64. The maximum atomic E-state index is 11.8. The van der Waals surface area contributed by atoms with Crippen molar-refractivity contribution in [2.24, 2.45) is 0 Å². The summed E-state index contributed by atoms with van der Waals surface area (Å²) in [6.45, 7) is 1.92. The Bertz CT molecular complexity index is 346. The van der Waals surface area contributed by atoms with E-state index in [1.54, 1.807) is 24.3 Å². The normalized spacial score (nSPS) is 9.73. The molecule has 0 aliphatic rings. The fourth-order valence-electron chi connectivity index (χ4n) is 1.27. The third-order valence-corrected chi connectivity index (χ3v) is 2.16. The van der Waals surface area contributed by atoms with E-state index in [0.717, 1.165) is 6.42 Å². The van der Waals surface area contributed by atoms with Gasteiger partial charge in [-0.25, -0.2) is 0 Å². The summed E-state index contributed by atoms with van der Waals surface area (Å²) in [5.41, 5.74) is 0.546. The van der Waals surface area contributed by atoms with Gasteiger partial charge in [0.2, 0.25) is 5.91 Å². The number of carbonyl (C=O) groups is 2. The molecule has 0 aliphatic carbocycles. The van der Waals surface area contributed by atoms with Crippen molar-refractivity contribution in [2.75, 3.05) is 7.05 Å². The summed E-state index contributed by atoms with van der Waals surface area (Å²) >= 11 is 0. The number of amides is 2. The van der Waals surface area contributed by atoms with Crippen LogP contribution in [0.3, 0.4) is 0 Å². The molecule has 0 saturated heterocycles. The smallest absolute Gasteiger partial charge is 0.260 e. The first-order valence-electron chi connectivity index (χ1n) is 5.02. The van der Waals surface area contributed by atoms with Crippen LogP contribution in [0.1, 0.15) is 30.1 Å². The van der Waals surface area contributed by atoms with Gasteiger partial charge in [0.25, 0.3) is 5.91 Å². The Balaban J connectivity index is 2.73. The minimum atomic E-state index is -0.242. The lowest BCUT2D eigenvalue weighted by Crippen LogP contribution is -2.32. The average molecular weight is 205 g/mol. The molecule has 2 amide bonds. The van der Waals surface area contributed by atoms with Gasteiger partial charge in [0.15, 0.2) is 0 Å². The molecule has 0 spiro atoms. The van der Waals surface area contributed by atoms with Crippen LogP contribution in [0.15, 0.2) is 30.3 Å². The molecular weight excluding hydrogens is 190 g/mol. The molecule has 80 valence electrons. The number of rotatable bonds is 3. The minimum absolute atomic E-state index is 0.133. The van der Waals surface area contributed by atoms with Gasteiger partial charge >= 0.3 is 0 Å². The summed E-state index contributed by atoms with van der Waals surface area (Å²) in [7, 11) is 1.52. The van der Waals surface area contributed by atoms with Crippen molar-refractivity contribution in [3.8, 4) is 0 Å². The van der Waals surface area contributed by atoms with Gasteiger partial charge in [-0.1, -0.05) is 25.1 Å². The van der Waals surface area contributed by atoms with Gasteiger partial charge in [-0.3, -0.25) is 14.5 Å². The average Bonchev–Trinajstić information content (AvgIpc) is 2.28. The first-order chi connectivity index (χ1) is 7.16. The Labute approximate surface area is 89.7 Å². The van der Waals surface area contributed by atoms with Gasteiger partial charge in [0.05, 0.1) is 0 Å². The fraction of sp³-hybridized carbons (Fsp3) is 0.333. The van der Waals surface area contributed by atoms with Gasteiger partial charge in [-0.15, -0.1) is 0 Å². The summed E-state index contributed by atoms with van der Waals surface area (Å²) in [4.78, 5) is 24.4. The number of nitrogens with zero attached hydrogens (tertiary/aromatic N) is 1. The lowest BCUT2D eigenvalue weighted by atomic mass is 10.2. The second-order valence-electron chi connectivity index (χ2n) is 3.37. The molecule has 0 heterocycles. The molecule has 0 aromatic heterocycles. The maximum absolute atomic E-state index is 11.8. The van der Waals surface area contributed by atoms with Crippen LogP contribution in [0.25, 0.3) is 0 Å². The van der Waals surface area contributed by atoms with Crippen LogP contribution in [0, 0.1) is 0 Å². The van der Waals surface area contributed by atoms with Crippen LogP contribution >= 0.6 is 0 Å². The molecule has 0 aliphatic heterocycles. The van der Waals surface area contributed by atoms with Gasteiger partial charge in [0, 0.05) is 19.0 Å². The molecule has 0 saturated carbocycles. The Kier molecular flexibility index (Phi) is 4.03. The molecular formula is C12H15NO2. The lowest BCUT2D eigenvalue weighted by molar-refractivity contribution is -0.127. The van der Waals surface area contributed by atoms with Crippen molar-refractivity contribution in [1.29, 1.82) is 0 Å². The van der Waals surface area contributed by atoms with Gasteiger partial charge in [-0.05, 0) is 18.6 Å². The molecule has 1 aromatic rings. The Morgan fingerprint density at radius 1 is 1.20 bits per heavy atom. The standard InChI is InChI=1S/C12H15NO2/c1-3-7-11(14)13(2)12(15)10-8-5-4-6-9-10/h4-6,8-9H,3,7H2,1-2H3. The fourth-order valence-corrected chi connectivity index (χ4v) is 1.27. The first-order valence-corrected chi connectivity index (χ1v) is 5.02. The summed E-state index contributed by atoms with van der Waals surface area (Å²) in [6, 6.07) is 8.82. The highest BCUT2D eigenvalue weighted by Gasteiger charge is 2.16. The monoisotopic (exact) mass is 205 g/mol. The highest BCUT2D eigenvalue weighted by molar-refractivity contribution is 6.04. The summed E-state index contributed by atoms with van der Waals surface area (Å²) in [5, 5.41) is 0. The molecule has 0 N–H and O–H groups in total. The summed E-state index contributed by atoms with van der Waals surface area (Å²) < 4.78 is 0. The molecule has 0 unspecified atom stereocenters. The number of hydrogen-bond acceptors (Lipinski definition) is 2. The molecule has 3 nitrogen and oxygen atoms in total. The third kappa shape index (κ3) is 2.91. The van der Waals surface area contributed by atoms with Crippen molar-refractivity contribution in [1.82, 2.24) is 4.90 Å². The van der Waals surface area contributed by atoms with Crippen LogP contribution < -0.4 is 0 Å². The molecule has 0 fully saturated rings. The Morgan fingerprint density at radius 2 is 1.80 bits per heavy atom. The number of carbonyl (C=O) groups excluding carboxylic acids is 2. The van der Waals surface area contributed by atoms with E-state index in [4.69, 9.17) is 0 Å². The second kappa shape index (κ2) is 5.29. The van der Waals surface area contributed by atoms with E-state index in [2.05, 4.69) is 0 Å². The van der Waals surface area contributed by atoms with Crippen molar-refractivity contribution in [3.63, 3.8) is 0 Å². The van der Waals surface area contributed by atoms with E-state index < -0.39 is 0 Å².